The number of rotatable bonds is 1. The molecule has 1 unspecified atom stereocenters. The molecule has 4 heteroatoms. The van der Waals surface area contributed by atoms with E-state index in [-0.39, 0.29) is 6.03 Å². The second kappa shape index (κ2) is 5.29. The number of amides is 2. The number of piperidine rings is 1. The van der Waals surface area contributed by atoms with E-state index >= 15 is 0 Å². The molecule has 1 aliphatic rings. The number of nitrogens with zero attached hydrogens (tertiary/aromatic N) is 1. The molecular weight excluding hydrogens is 226 g/mol. The van der Waals surface area contributed by atoms with Crippen LogP contribution in [0.1, 0.15) is 25.3 Å². The number of hydrogen-bond donors (Lipinski definition) is 2. The molecule has 3 N–H and O–H groups in total. The van der Waals surface area contributed by atoms with Crippen molar-refractivity contribution in [3.63, 3.8) is 0 Å². The summed E-state index contributed by atoms with van der Waals surface area (Å²) < 4.78 is 0. The van der Waals surface area contributed by atoms with E-state index in [0.717, 1.165) is 30.8 Å². The first-order valence-electron chi connectivity index (χ1n) is 6.48. The Kier molecular flexibility index (Phi) is 3.75. The first-order valence-corrected chi connectivity index (χ1v) is 6.48. The zero-order chi connectivity index (χ0) is 13.1. The summed E-state index contributed by atoms with van der Waals surface area (Å²) >= 11 is 0. The van der Waals surface area contributed by atoms with Crippen molar-refractivity contribution in [2.45, 2.75) is 26.7 Å². The van der Waals surface area contributed by atoms with Gasteiger partial charge >= 0.3 is 6.03 Å². The molecule has 2 rings (SSSR count). The molecule has 0 saturated carbocycles. The Labute approximate surface area is 108 Å². The molecule has 0 aliphatic carbocycles. The van der Waals surface area contributed by atoms with Gasteiger partial charge in [-0.2, -0.15) is 0 Å². The summed E-state index contributed by atoms with van der Waals surface area (Å²) in [7, 11) is 0. The number of nitrogens with two attached hydrogens (primary N) is 1. The Hall–Kier alpha value is -1.71. The molecule has 0 bridgehead atoms. The number of nitrogens with one attached hydrogen (secondary N) is 1. The van der Waals surface area contributed by atoms with Crippen molar-refractivity contribution in [3.8, 4) is 0 Å². The molecule has 1 heterocycles. The molecule has 1 saturated heterocycles. The molecule has 98 valence electrons. The summed E-state index contributed by atoms with van der Waals surface area (Å²) in [6, 6.07) is 5.59. The number of carbonyl (C=O) groups excluding carboxylic acids is 1. The third-order valence-electron chi connectivity index (χ3n) is 3.47. The molecule has 0 radical (unpaired) electrons. The van der Waals surface area contributed by atoms with Crippen molar-refractivity contribution >= 4 is 17.4 Å². The quantitative estimate of drug-likeness (QED) is 0.750. The summed E-state index contributed by atoms with van der Waals surface area (Å²) in [5.41, 5.74) is 8.33. The predicted molar refractivity (Wildman–Crippen MR) is 74.6 cm³/mol. The van der Waals surface area contributed by atoms with E-state index < -0.39 is 0 Å². The average molecular weight is 247 g/mol. The monoisotopic (exact) mass is 247 g/mol. The third kappa shape index (κ3) is 2.94. The molecular formula is C14H21N3O. The molecule has 1 atom stereocenters. The van der Waals surface area contributed by atoms with Crippen LogP contribution in [-0.4, -0.2) is 24.0 Å². The highest BCUT2D eigenvalue weighted by Gasteiger charge is 2.20. The predicted octanol–water partition coefficient (Wildman–Crippen LogP) is 2.84. The van der Waals surface area contributed by atoms with E-state index in [1.165, 1.54) is 6.42 Å². The van der Waals surface area contributed by atoms with E-state index in [9.17, 15) is 4.79 Å². The third-order valence-corrected chi connectivity index (χ3v) is 3.47. The topological polar surface area (TPSA) is 58.4 Å². The highest BCUT2D eigenvalue weighted by atomic mass is 16.2. The Balaban J connectivity index is 2.00. The largest absolute Gasteiger partial charge is 0.398 e. The zero-order valence-corrected chi connectivity index (χ0v) is 11.1. The minimum atomic E-state index is -0.0233. The van der Waals surface area contributed by atoms with Gasteiger partial charge in [-0.3, -0.25) is 0 Å². The lowest BCUT2D eigenvalue weighted by molar-refractivity contribution is 0.182. The fourth-order valence-electron chi connectivity index (χ4n) is 2.29. The van der Waals surface area contributed by atoms with Gasteiger partial charge in [-0.1, -0.05) is 13.0 Å². The number of hydrogen-bond acceptors (Lipinski definition) is 2. The maximum absolute atomic E-state index is 12.1. The normalized spacial score (nSPS) is 19.7. The van der Waals surface area contributed by atoms with Crippen molar-refractivity contribution in [2.24, 2.45) is 5.92 Å². The molecule has 1 aromatic carbocycles. The standard InChI is InChI=1S/C14H21N3O/c1-10-4-3-7-17(9-10)14(18)16-12-6-5-11(2)13(15)8-12/h5-6,8,10H,3-4,7,9,15H2,1-2H3,(H,16,18). The fraction of sp³-hybridized carbons (Fsp3) is 0.500. The maximum Gasteiger partial charge on any atom is 0.321 e. The second-order valence-electron chi connectivity index (χ2n) is 5.19. The van der Waals surface area contributed by atoms with Crippen molar-refractivity contribution in [3.05, 3.63) is 23.8 Å². The summed E-state index contributed by atoms with van der Waals surface area (Å²) in [5.74, 6) is 0.590. The van der Waals surface area contributed by atoms with Gasteiger partial charge < -0.3 is 16.0 Å². The van der Waals surface area contributed by atoms with Crippen LogP contribution in [0.2, 0.25) is 0 Å². The number of anilines is 2. The van der Waals surface area contributed by atoms with Gasteiger partial charge in [0.15, 0.2) is 0 Å². The first kappa shape index (κ1) is 12.7. The van der Waals surface area contributed by atoms with Crippen LogP contribution in [0.5, 0.6) is 0 Å². The molecule has 1 aliphatic heterocycles. The van der Waals surface area contributed by atoms with E-state index in [2.05, 4.69) is 12.2 Å². The lowest BCUT2D eigenvalue weighted by Crippen LogP contribution is -2.41. The number of carbonyl (C=O) groups is 1. The number of urea groups is 1. The summed E-state index contributed by atoms with van der Waals surface area (Å²) in [6.45, 7) is 5.82. The van der Waals surface area contributed by atoms with Gasteiger partial charge in [-0.15, -0.1) is 0 Å². The van der Waals surface area contributed by atoms with Crippen molar-refractivity contribution in [1.29, 1.82) is 0 Å². The zero-order valence-electron chi connectivity index (χ0n) is 11.1. The van der Waals surface area contributed by atoms with Gasteiger partial charge in [-0.25, -0.2) is 4.79 Å². The molecule has 1 aromatic rings. The van der Waals surface area contributed by atoms with Gasteiger partial charge in [0.1, 0.15) is 0 Å². The van der Waals surface area contributed by atoms with Gasteiger partial charge in [0.2, 0.25) is 0 Å². The summed E-state index contributed by atoms with van der Waals surface area (Å²) in [5, 5.41) is 2.91. The maximum atomic E-state index is 12.1. The van der Waals surface area contributed by atoms with Crippen molar-refractivity contribution < 1.29 is 4.79 Å². The highest BCUT2D eigenvalue weighted by Crippen LogP contribution is 2.19. The number of aryl methyl sites for hydroxylation is 1. The minimum absolute atomic E-state index is 0.0233. The molecule has 0 spiro atoms. The van der Waals surface area contributed by atoms with E-state index in [0.29, 0.717) is 11.6 Å². The van der Waals surface area contributed by atoms with Crippen LogP contribution in [0.15, 0.2) is 18.2 Å². The minimum Gasteiger partial charge on any atom is -0.398 e. The summed E-state index contributed by atoms with van der Waals surface area (Å²) in [6.07, 6.45) is 2.30. The Morgan fingerprint density at radius 3 is 2.94 bits per heavy atom. The van der Waals surface area contributed by atoms with E-state index in [1.807, 2.05) is 24.0 Å². The van der Waals surface area contributed by atoms with Crippen LogP contribution >= 0.6 is 0 Å². The van der Waals surface area contributed by atoms with Crippen molar-refractivity contribution in [1.82, 2.24) is 4.90 Å². The van der Waals surface area contributed by atoms with E-state index in [1.54, 1.807) is 6.07 Å². The number of likely N-dealkylation sites (tertiary alicyclic amines) is 1. The molecule has 18 heavy (non-hydrogen) atoms. The average Bonchev–Trinajstić information content (AvgIpc) is 2.34. The van der Waals surface area contributed by atoms with Gasteiger partial charge in [0.05, 0.1) is 0 Å². The number of benzene rings is 1. The lowest BCUT2D eigenvalue weighted by Gasteiger charge is -2.31. The molecule has 2 amide bonds. The van der Waals surface area contributed by atoms with Crippen LogP contribution in [0.4, 0.5) is 16.2 Å². The molecule has 4 nitrogen and oxygen atoms in total. The van der Waals surface area contributed by atoms with Crippen molar-refractivity contribution in [2.75, 3.05) is 24.1 Å². The molecule has 1 fully saturated rings. The summed E-state index contributed by atoms with van der Waals surface area (Å²) in [4.78, 5) is 14.0. The van der Waals surface area contributed by atoms with Gasteiger partial charge in [0.25, 0.3) is 0 Å². The first-order chi connectivity index (χ1) is 8.56. The van der Waals surface area contributed by atoms with Crippen LogP contribution in [0.25, 0.3) is 0 Å². The molecule has 0 aromatic heterocycles. The van der Waals surface area contributed by atoms with Gasteiger partial charge in [0, 0.05) is 24.5 Å². The van der Waals surface area contributed by atoms with Crippen LogP contribution < -0.4 is 11.1 Å². The Bertz CT molecular complexity index is 445. The Morgan fingerprint density at radius 1 is 1.50 bits per heavy atom. The van der Waals surface area contributed by atoms with E-state index in [4.69, 9.17) is 5.73 Å². The smallest absolute Gasteiger partial charge is 0.321 e. The Morgan fingerprint density at radius 2 is 2.28 bits per heavy atom. The van der Waals surface area contributed by atoms with Crippen LogP contribution in [0, 0.1) is 12.8 Å². The number of nitrogen functional groups attached to an aromatic ring is 1. The SMILES string of the molecule is Cc1ccc(NC(=O)N2CCCC(C)C2)cc1N. The second-order valence-corrected chi connectivity index (χ2v) is 5.19. The fourth-order valence-corrected chi connectivity index (χ4v) is 2.29. The van der Waals surface area contributed by atoms with Crippen LogP contribution in [-0.2, 0) is 0 Å². The highest BCUT2D eigenvalue weighted by molar-refractivity contribution is 5.90. The van der Waals surface area contributed by atoms with Crippen LogP contribution in [0.3, 0.4) is 0 Å². The van der Waals surface area contributed by atoms with Gasteiger partial charge in [-0.05, 0) is 43.4 Å². The lowest BCUT2D eigenvalue weighted by atomic mass is 10.0.